The van der Waals surface area contributed by atoms with Crippen molar-refractivity contribution in [2.24, 2.45) is 0 Å². The molecule has 1 aromatic carbocycles. The Kier molecular flexibility index (Phi) is 6.08. The van der Waals surface area contributed by atoms with Crippen molar-refractivity contribution in [2.75, 3.05) is 37.0 Å². The molecule has 1 fully saturated rings. The van der Waals surface area contributed by atoms with Crippen molar-refractivity contribution < 1.29 is 17.9 Å². The van der Waals surface area contributed by atoms with E-state index in [0.717, 1.165) is 24.5 Å². The van der Waals surface area contributed by atoms with E-state index in [0.29, 0.717) is 25.3 Å². The Morgan fingerprint density at radius 2 is 1.89 bits per heavy atom. The van der Waals surface area contributed by atoms with E-state index < -0.39 is 9.84 Å². The van der Waals surface area contributed by atoms with Gasteiger partial charge in [-0.2, -0.15) is 0 Å². The van der Waals surface area contributed by atoms with Crippen LogP contribution in [0.25, 0.3) is 0 Å². The van der Waals surface area contributed by atoms with Gasteiger partial charge in [-0.05, 0) is 30.3 Å². The van der Waals surface area contributed by atoms with Crippen molar-refractivity contribution in [2.45, 2.75) is 18.4 Å². The minimum Gasteiger partial charge on any atom is -0.378 e. The Balaban J connectivity index is 1.67. The van der Waals surface area contributed by atoms with Crippen LogP contribution in [0.15, 0.2) is 47.5 Å². The van der Waals surface area contributed by atoms with Gasteiger partial charge in [-0.25, -0.2) is 13.4 Å². The third kappa shape index (κ3) is 4.64. The maximum absolute atomic E-state index is 12.4. The summed E-state index contributed by atoms with van der Waals surface area (Å²) in [6, 6.07) is 9.78. The third-order valence-electron chi connectivity index (χ3n) is 4.47. The van der Waals surface area contributed by atoms with Gasteiger partial charge in [-0.1, -0.05) is 13.0 Å². The lowest BCUT2D eigenvalue weighted by molar-refractivity contribution is 0.0950. The molecule has 0 aliphatic carbocycles. The number of hydrogen-bond acceptors (Lipinski definition) is 6. The van der Waals surface area contributed by atoms with Gasteiger partial charge in [0, 0.05) is 37.0 Å². The van der Waals surface area contributed by atoms with Crippen LogP contribution in [0.2, 0.25) is 0 Å². The van der Waals surface area contributed by atoms with Crippen LogP contribution in [0.3, 0.4) is 0 Å². The predicted molar refractivity (Wildman–Crippen MR) is 103 cm³/mol. The normalized spacial score (nSPS) is 14.8. The molecule has 7 nitrogen and oxygen atoms in total. The van der Waals surface area contributed by atoms with E-state index in [9.17, 15) is 13.2 Å². The largest absolute Gasteiger partial charge is 0.378 e. The van der Waals surface area contributed by atoms with Crippen LogP contribution in [-0.4, -0.2) is 51.4 Å². The summed E-state index contributed by atoms with van der Waals surface area (Å²) in [6.07, 6.45) is 1.74. The molecule has 2 aromatic rings. The van der Waals surface area contributed by atoms with Gasteiger partial charge in [0.2, 0.25) is 0 Å². The van der Waals surface area contributed by atoms with Gasteiger partial charge in [-0.3, -0.25) is 4.79 Å². The number of morpholine rings is 1. The second-order valence-electron chi connectivity index (χ2n) is 6.20. The molecule has 1 aromatic heterocycles. The molecule has 3 rings (SSSR count). The fraction of sp³-hybridized carbons (Fsp3) is 0.368. The summed E-state index contributed by atoms with van der Waals surface area (Å²) >= 11 is 0. The minimum absolute atomic E-state index is 0.0316. The van der Waals surface area contributed by atoms with Gasteiger partial charge >= 0.3 is 0 Å². The number of benzene rings is 1. The summed E-state index contributed by atoms with van der Waals surface area (Å²) in [7, 11) is -3.27. The van der Waals surface area contributed by atoms with E-state index in [1.807, 2.05) is 12.1 Å². The Morgan fingerprint density at radius 3 is 2.56 bits per heavy atom. The molecular weight excluding hydrogens is 366 g/mol. The van der Waals surface area contributed by atoms with E-state index >= 15 is 0 Å². The summed E-state index contributed by atoms with van der Waals surface area (Å²) in [4.78, 5) is 19.2. The molecule has 0 unspecified atom stereocenters. The maximum Gasteiger partial charge on any atom is 0.251 e. The van der Waals surface area contributed by atoms with Crippen LogP contribution < -0.4 is 10.2 Å². The molecule has 1 aliphatic rings. The van der Waals surface area contributed by atoms with Crippen LogP contribution in [0.1, 0.15) is 22.8 Å². The molecule has 144 valence electrons. The topological polar surface area (TPSA) is 88.6 Å². The lowest BCUT2D eigenvalue weighted by Crippen LogP contribution is -2.37. The monoisotopic (exact) mass is 389 g/mol. The second kappa shape index (κ2) is 8.49. The highest BCUT2D eigenvalue weighted by Crippen LogP contribution is 2.18. The van der Waals surface area contributed by atoms with Crippen molar-refractivity contribution in [1.82, 2.24) is 10.3 Å². The molecule has 1 amide bonds. The van der Waals surface area contributed by atoms with Crippen LogP contribution >= 0.6 is 0 Å². The zero-order valence-corrected chi connectivity index (χ0v) is 16.0. The SMILES string of the molecule is CCS(=O)(=O)c1ccc(C(=O)NCc2cccnc2N2CCOCC2)cc1. The highest BCUT2D eigenvalue weighted by molar-refractivity contribution is 7.91. The lowest BCUT2D eigenvalue weighted by atomic mass is 10.2. The van der Waals surface area contributed by atoms with E-state index in [4.69, 9.17) is 4.74 Å². The van der Waals surface area contributed by atoms with Crippen molar-refractivity contribution >= 4 is 21.6 Å². The van der Waals surface area contributed by atoms with Crippen LogP contribution in [-0.2, 0) is 21.1 Å². The molecule has 1 aliphatic heterocycles. The molecule has 1 saturated heterocycles. The summed E-state index contributed by atoms with van der Waals surface area (Å²) in [6.45, 7) is 4.80. The third-order valence-corrected chi connectivity index (χ3v) is 6.22. The van der Waals surface area contributed by atoms with Gasteiger partial charge in [0.25, 0.3) is 5.91 Å². The number of anilines is 1. The molecule has 0 atom stereocenters. The summed E-state index contributed by atoms with van der Waals surface area (Å²) < 4.78 is 29.1. The Morgan fingerprint density at radius 1 is 1.19 bits per heavy atom. The van der Waals surface area contributed by atoms with Gasteiger partial charge in [0.15, 0.2) is 9.84 Å². The number of hydrogen-bond donors (Lipinski definition) is 1. The van der Waals surface area contributed by atoms with Crippen LogP contribution in [0, 0.1) is 0 Å². The first-order valence-electron chi connectivity index (χ1n) is 8.89. The maximum atomic E-state index is 12.4. The zero-order valence-electron chi connectivity index (χ0n) is 15.2. The fourth-order valence-electron chi connectivity index (χ4n) is 2.89. The van der Waals surface area contributed by atoms with Gasteiger partial charge in [-0.15, -0.1) is 0 Å². The summed E-state index contributed by atoms with van der Waals surface area (Å²) in [5.41, 5.74) is 1.35. The molecule has 27 heavy (non-hydrogen) atoms. The minimum atomic E-state index is -3.27. The molecule has 8 heteroatoms. The first-order chi connectivity index (χ1) is 13.0. The van der Waals surface area contributed by atoms with Crippen molar-refractivity contribution in [3.63, 3.8) is 0 Å². The number of carbonyl (C=O) groups is 1. The number of nitrogens with zero attached hydrogens (tertiary/aromatic N) is 2. The lowest BCUT2D eigenvalue weighted by Gasteiger charge is -2.29. The second-order valence-corrected chi connectivity index (χ2v) is 8.47. The fourth-order valence-corrected chi connectivity index (χ4v) is 3.77. The number of nitrogens with one attached hydrogen (secondary N) is 1. The Labute approximate surface area is 159 Å². The number of carbonyl (C=O) groups excluding carboxylic acids is 1. The van der Waals surface area contributed by atoms with Crippen molar-refractivity contribution in [3.8, 4) is 0 Å². The number of amides is 1. The standard InChI is InChI=1S/C19H23N3O4S/c1-2-27(24,25)17-7-5-15(6-8-17)19(23)21-14-16-4-3-9-20-18(16)22-10-12-26-13-11-22/h3-9H,2,10-14H2,1H3,(H,21,23). The van der Waals surface area contributed by atoms with Crippen molar-refractivity contribution in [1.29, 1.82) is 0 Å². The van der Waals surface area contributed by atoms with E-state index in [2.05, 4.69) is 15.2 Å². The molecule has 2 heterocycles. The van der Waals surface area contributed by atoms with Gasteiger partial charge in [0.05, 0.1) is 23.9 Å². The number of aromatic nitrogens is 1. The summed E-state index contributed by atoms with van der Waals surface area (Å²) in [5.74, 6) is 0.627. The predicted octanol–water partition coefficient (Wildman–Crippen LogP) is 1.64. The number of pyridine rings is 1. The van der Waals surface area contributed by atoms with Gasteiger partial charge < -0.3 is 15.0 Å². The van der Waals surface area contributed by atoms with E-state index in [1.54, 1.807) is 13.1 Å². The van der Waals surface area contributed by atoms with Crippen LogP contribution in [0.4, 0.5) is 5.82 Å². The number of ether oxygens (including phenoxy) is 1. The Hall–Kier alpha value is -2.45. The first-order valence-corrected chi connectivity index (χ1v) is 10.5. The molecule has 1 N–H and O–H groups in total. The summed E-state index contributed by atoms with van der Waals surface area (Å²) in [5, 5.41) is 2.88. The highest BCUT2D eigenvalue weighted by Gasteiger charge is 2.17. The van der Waals surface area contributed by atoms with E-state index in [1.165, 1.54) is 24.3 Å². The smallest absolute Gasteiger partial charge is 0.251 e. The molecule has 0 radical (unpaired) electrons. The Bertz CT molecular complexity index is 891. The average molecular weight is 389 g/mol. The number of sulfone groups is 1. The number of rotatable bonds is 6. The highest BCUT2D eigenvalue weighted by atomic mass is 32.2. The molecular formula is C19H23N3O4S. The molecule has 0 saturated carbocycles. The zero-order chi connectivity index (χ0) is 19.3. The van der Waals surface area contributed by atoms with Crippen molar-refractivity contribution in [3.05, 3.63) is 53.7 Å². The molecule has 0 spiro atoms. The van der Waals surface area contributed by atoms with Gasteiger partial charge in [0.1, 0.15) is 5.82 Å². The first kappa shape index (κ1) is 19.3. The van der Waals surface area contributed by atoms with Crippen LogP contribution in [0.5, 0.6) is 0 Å². The van der Waals surface area contributed by atoms with E-state index in [-0.39, 0.29) is 16.6 Å². The quantitative estimate of drug-likeness (QED) is 0.808. The average Bonchev–Trinajstić information content (AvgIpc) is 2.73. The molecule has 0 bridgehead atoms.